The standard InChI is InChI=1S/C15H22N4O3.C8H18N2.C8H14O3.C7H8IN.2H2/c1-20-6-7-21-8-9-22-12-14-11-19(18-17-14)15-4-2-13(10-16)3-5-15;1-9-7-5-3-4-6-8(7)10-2;1-3-4-10-7-8-11-6-5-9-2;8-7-3-1-6(5-9)2-4-7;;/h2-5,11H,6-10,12,16H2,1H3;7-10H,3-6H2,1-2H3;1H,4-8H2,2H3;1-4H,5,9H2;2*1H/t;7-,8-;;;;/m.0..../s1. The third kappa shape index (κ3) is 23.2. The quantitative estimate of drug-likeness (QED) is 0.0731. The molecule has 6 N–H and O–H groups in total. The first kappa shape index (κ1) is 47.5. The Morgan fingerprint density at radius 3 is 1.73 bits per heavy atom. The molecule has 0 spiro atoms. The van der Waals surface area contributed by atoms with Crippen LogP contribution in [0.1, 0.15) is 45.4 Å². The van der Waals surface area contributed by atoms with Crippen molar-refractivity contribution in [2.75, 3.05) is 87.8 Å². The van der Waals surface area contributed by atoms with Gasteiger partial charge in [-0.2, -0.15) is 0 Å². The van der Waals surface area contributed by atoms with Gasteiger partial charge in [-0.05, 0) is 84.9 Å². The number of nitrogens with zero attached hydrogens (tertiary/aromatic N) is 3. The number of ether oxygens (including phenoxy) is 6. The number of benzene rings is 2. The van der Waals surface area contributed by atoms with Crippen molar-refractivity contribution in [1.82, 2.24) is 25.6 Å². The van der Waals surface area contributed by atoms with Crippen LogP contribution in [-0.4, -0.2) is 115 Å². The molecule has 1 saturated carbocycles. The lowest BCUT2D eigenvalue weighted by Crippen LogP contribution is -2.47. The van der Waals surface area contributed by atoms with Crippen molar-refractivity contribution in [1.29, 1.82) is 0 Å². The third-order valence-electron chi connectivity index (χ3n) is 7.68. The molecular weight excluding hydrogens is 777 g/mol. The SMILES string of the molecule is C#CCOCCOCCOC.CN[C@H]1CCCC[C@@H]1NC.COCCOCCOCc1cn(-c2ccc(CN)cc2)nn1.NCc1ccc(I)cc1.[HH].[HH]. The second-order valence-electron chi connectivity index (χ2n) is 11.5. The Balaban J connectivity index is 0. The Hall–Kier alpha value is -2.53. The van der Waals surface area contributed by atoms with Crippen molar-refractivity contribution < 1.29 is 31.3 Å². The predicted octanol–water partition coefficient (Wildman–Crippen LogP) is 4.18. The number of terminal acetylenes is 1. The number of rotatable bonds is 20. The van der Waals surface area contributed by atoms with Gasteiger partial charge in [0.05, 0.1) is 71.3 Å². The first-order chi connectivity index (χ1) is 25.5. The average molecular weight is 844 g/mol. The Labute approximate surface area is 328 Å². The van der Waals surface area contributed by atoms with Crippen LogP contribution in [0.25, 0.3) is 5.69 Å². The lowest BCUT2D eigenvalue weighted by atomic mass is 9.91. The van der Waals surface area contributed by atoms with Gasteiger partial charge in [0.1, 0.15) is 12.3 Å². The largest absolute Gasteiger partial charge is 0.382 e. The second kappa shape index (κ2) is 33.1. The molecule has 0 aliphatic heterocycles. The summed E-state index contributed by atoms with van der Waals surface area (Å²) >= 11 is 2.27. The number of nitrogens with two attached hydrogens (primary N) is 2. The fourth-order valence-corrected chi connectivity index (χ4v) is 5.11. The molecule has 296 valence electrons. The van der Waals surface area contributed by atoms with Gasteiger partial charge in [0.15, 0.2) is 0 Å². The molecule has 3 aromatic rings. The molecule has 13 nitrogen and oxygen atoms in total. The summed E-state index contributed by atoms with van der Waals surface area (Å²) < 4.78 is 33.5. The molecular formula is C38H66IN7O6. The highest BCUT2D eigenvalue weighted by atomic mass is 127. The van der Waals surface area contributed by atoms with Gasteiger partial charge in [0, 0.05) is 45.8 Å². The summed E-state index contributed by atoms with van der Waals surface area (Å²) in [5.74, 6) is 2.37. The third-order valence-corrected chi connectivity index (χ3v) is 8.40. The Bertz CT molecular complexity index is 1280. The van der Waals surface area contributed by atoms with E-state index in [0.717, 1.165) is 16.9 Å². The Morgan fingerprint density at radius 2 is 1.25 bits per heavy atom. The number of methoxy groups -OCH3 is 2. The highest BCUT2D eigenvalue weighted by molar-refractivity contribution is 14.1. The number of hydrogen-bond donors (Lipinski definition) is 4. The van der Waals surface area contributed by atoms with Crippen molar-refractivity contribution in [3.05, 3.63) is 75.1 Å². The zero-order valence-corrected chi connectivity index (χ0v) is 33.7. The van der Waals surface area contributed by atoms with E-state index >= 15 is 0 Å². The molecule has 0 bridgehead atoms. The van der Waals surface area contributed by atoms with Gasteiger partial charge in [-0.1, -0.05) is 48.2 Å². The Morgan fingerprint density at radius 1 is 0.769 bits per heavy atom. The fourth-order valence-electron chi connectivity index (χ4n) is 4.75. The number of nitrogens with one attached hydrogen (secondary N) is 2. The molecule has 0 amide bonds. The maximum absolute atomic E-state index is 5.58. The molecule has 1 aromatic heterocycles. The normalized spacial score (nSPS) is 14.9. The van der Waals surface area contributed by atoms with E-state index in [2.05, 4.69) is 75.7 Å². The van der Waals surface area contributed by atoms with E-state index in [0.29, 0.717) is 91.2 Å². The highest BCUT2D eigenvalue weighted by Crippen LogP contribution is 2.17. The molecule has 0 saturated heterocycles. The van der Waals surface area contributed by atoms with Crippen molar-refractivity contribution in [3.63, 3.8) is 0 Å². The van der Waals surface area contributed by atoms with Crippen molar-refractivity contribution in [3.8, 4) is 18.0 Å². The van der Waals surface area contributed by atoms with Crippen molar-refractivity contribution in [2.45, 2.75) is 57.5 Å². The zero-order chi connectivity index (χ0) is 38.1. The van der Waals surface area contributed by atoms with Gasteiger partial charge in [-0.3, -0.25) is 0 Å². The topological polar surface area (TPSA) is 162 Å². The molecule has 1 heterocycles. The number of likely N-dealkylation sites (N-methyl/N-ethyl adjacent to an activating group) is 2. The van der Waals surface area contributed by atoms with Crippen LogP contribution < -0.4 is 22.1 Å². The van der Waals surface area contributed by atoms with Gasteiger partial charge >= 0.3 is 0 Å². The van der Waals surface area contributed by atoms with Crippen LogP contribution in [-0.2, 0) is 48.1 Å². The minimum atomic E-state index is 0. The van der Waals surface area contributed by atoms with Crippen molar-refractivity contribution >= 4 is 22.6 Å². The molecule has 4 rings (SSSR count). The number of halogens is 1. The number of hydrogen-bond acceptors (Lipinski definition) is 12. The molecule has 0 radical (unpaired) electrons. The summed E-state index contributed by atoms with van der Waals surface area (Å²) in [7, 11) is 7.39. The van der Waals surface area contributed by atoms with Gasteiger partial charge in [-0.25, -0.2) is 4.68 Å². The van der Waals surface area contributed by atoms with Crippen LogP contribution in [0.3, 0.4) is 0 Å². The van der Waals surface area contributed by atoms with E-state index in [-0.39, 0.29) is 2.85 Å². The van der Waals surface area contributed by atoms with Gasteiger partial charge in [0.25, 0.3) is 0 Å². The first-order valence-corrected chi connectivity index (χ1v) is 18.8. The lowest BCUT2D eigenvalue weighted by molar-refractivity contribution is 0.0192. The molecule has 1 aliphatic rings. The molecule has 1 aliphatic carbocycles. The fraction of sp³-hybridized carbons (Fsp3) is 0.579. The molecule has 2 aromatic carbocycles. The van der Waals surface area contributed by atoms with Crippen molar-refractivity contribution in [2.24, 2.45) is 11.5 Å². The predicted molar refractivity (Wildman–Crippen MR) is 219 cm³/mol. The summed E-state index contributed by atoms with van der Waals surface area (Å²) in [6.07, 6.45) is 12.3. The zero-order valence-electron chi connectivity index (χ0n) is 31.6. The Kier molecular flexibility index (Phi) is 30.2. The molecule has 52 heavy (non-hydrogen) atoms. The molecule has 1 fully saturated rings. The van der Waals surface area contributed by atoms with E-state index < -0.39 is 0 Å². The van der Waals surface area contributed by atoms with Crippen LogP contribution >= 0.6 is 22.6 Å². The average Bonchev–Trinajstić information content (AvgIpc) is 3.67. The smallest absolute Gasteiger partial charge is 0.109 e. The summed E-state index contributed by atoms with van der Waals surface area (Å²) in [5.41, 5.74) is 15.0. The maximum atomic E-state index is 5.58. The molecule has 2 atom stereocenters. The van der Waals surface area contributed by atoms with Crippen LogP contribution in [0.15, 0.2) is 54.7 Å². The van der Waals surface area contributed by atoms with Gasteiger partial charge in [0.2, 0.25) is 0 Å². The van der Waals surface area contributed by atoms with Gasteiger partial charge in [-0.15, -0.1) is 11.5 Å². The second-order valence-corrected chi connectivity index (χ2v) is 12.7. The lowest BCUT2D eigenvalue weighted by Gasteiger charge is -2.30. The van der Waals surface area contributed by atoms with Gasteiger partial charge < -0.3 is 50.5 Å². The monoisotopic (exact) mass is 843 g/mol. The maximum Gasteiger partial charge on any atom is 0.109 e. The van der Waals surface area contributed by atoms with Crippen LogP contribution in [0.5, 0.6) is 0 Å². The van der Waals surface area contributed by atoms with Crippen LogP contribution in [0.4, 0.5) is 0 Å². The minimum absolute atomic E-state index is 0. The van der Waals surface area contributed by atoms with E-state index in [1.807, 2.05) is 42.6 Å². The first-order valence-electron chi connectivity index (χ1n) is 17.7. The summed E-state index contributed by atoms with van der Waals surface area (Å²) in [4.78, 5) is 0. The molecule has 14 heteroatoms. The van der Waals surface area contributed by atoms with E-state index in [1.54, 1.807) is 18.9 Å². The summed E-state index contributed by atoms with van der Waals surface area (Å²) in [6.45, 7) is 6.51. The van der Waals surface area contributed by atoms with E-state index in [9.17, 15) is 0 Å². The summed E-state index contributed by atoms with van der Waals surface area (Å²) in [5, 5.41) is 14.9. The summed E-state index contributed by atoms with van der Waals surface area (Å²) in [6, 6.07) is 17.5. The highest BCUT2D eigenvalue weighted by Gasteiger charge is 2.21. The van der Waals surface area contributed by atoms with Crippen LogP contribution in [0.2, 0.25) is 0 Å². The van der Waals surface area contributed by atoms with Crippen LogP contribution in [0, 0.1) is 15.9 Å². The number of aromatic nitrogens is 3. The van der Waals surface area contributed by atoms with E-state index in [4.69, 9.17) is 46.3 Å². The molecule has 0 unspecified atom stereocenters. The van der Waals surface area contributed by atoms with E-state index in [1.165, 1.54) is 34.8 Å². The minimum Gasteiger partial charge on any atom is -0.382 e.